The molecule has 11 aromatic rings. The van der Waals surface area contributed by atoms with E-state index in [2.05, 4.69) is 182 Å². The van der Waals surface area contributed by atoms with Crippen molar-refractivity contribution in [2.75, 3.05) is 0 Å². The molecule has 0 unspecified atom stereocenters. The highest BCUT2D eigenvalue weighted by Crippen LogP contribution is 2.49. The maximum atomic E-state index is 6.43. The molecular formula is C62H40N2O2S. The van der Waals surface area contributed by atoms with Crippen LogP contribution in [0.15, 0.2) is 212 Å². The first-order valence-electron chi connectivity index (χ1n) is 22.8. The van der Waals surface area contributed by atoms with E-state index in [1.165, 1.54) is 31.3 Å². The SMILES string of the molecule is C1=Cc2ccc3c(sc4cc(-c5nc(-c6ccccc6)cc(-c6cccc(-c7cc(-c8ccc9c(c8)Oc8ccccc8O9)cc(-c8ccccc8)c7-c7ccccc7)c6)n5)ccc43)c2CC1. The number of benzene rings is 9. The van der Waals surface area contributed by atoms with Crippen LogP contribution < -0.4 is 9.47 Å². The highest BCUT2D eigenvalue weighted by atomic mass is 32.1. The number of fused-ring (bicyclic) bond motifs is 7. The van der Waals surface area contributed by atoms with Crippen LogP contribution in [-0.4, -0.2) is 9.97 Å². The van der Waals surface area contributed by atoms with Crippen LogP contribution in [0.3, 0.4) is 0 Å². The maximum absolute atomic E-state index is 6.43. The van der Waals surface area contributed by atoms with Gasteiger partial charge in [-0.05, 0) is 123 Å². The van der Waals surface area contributed by atoms with Gasteiger partial charge in [0, 0.05) is 36.9 Å². The number of nitrogens with zero attached hydrogens (tertiary/aromatic N) is 2. The molecule has 4 nitrogen and oxygen atoms in total. The molecule has 0 radical (unpaired) electrons. The van der Waals surface area contributed by atoms with Crippen molar-refractivity contribution in [3.05, 3.63) is 223 Å². The summed E-state index contributed by atoms with van der Waals surface area (Å²) in [5.41, 5.74) is 16.4. The van der Waals surface area contributed by atoms with Gasteiger partial charge in [0.1, 0.15) is 0 Å². The van der Waals surface area contributed by atoms with Gasteiger partial charge in [0.2, 0.25) is 0 Å². The van der Waals surface area contributed by atoms with Gasteiger partial charge < -0.3 is 9.47 Å². The molecule has 0 saturated heterocycles. The van der Waals surface area contributed by atoms with Gasteiger partial charge in [-0.2, -0.15) is 0 Å². The van der Waals surface area contributed by atoms with Crippen molar-refractivity contribution in [1.29, 1.82) is 0 Å². The standard InChI is InChI=1S/C62H40N2O2S/c1-4-15-39(16-5-1)51-34-47(43-29-32-57-58(36-43)66-56-26-13-12-25-55(56)65-57)35-52(60(51)42-20-8-3-9-21-42)44-22-14-23-45(33-44)54-38-53(41-18-6-2-7-19-41)63-62(64-54)46-28-30-49-50-31-27-40-17-10-11-24-48(40)61(50)67-59(49)37-46/h1-10,12-23,25-38H,11,24H2. The average Bonchev–Trinajstić information content (AvgIpc) is 3.79. The zero-order valence-corrected chi connectivity index (χ0v) is 37.1. The van der Waals surface area contributed by atoms with E-state index in [-0.39, 0.29) is 0 Å². The van der Waals surface area contributed by atoms with Gasteiger partial charge in [0.15, 0.2) is 28.8 Å². The maximum Gasteiger partial charge on any atom is 0.170 e. The molecule has 3 heterocycles. The summed E-state index contributed by atoms with van der Waals surface area (Å²) in [7, 11) is 0. The van der Waals surface area contributed by atoms with Crippen molar-refractivity contribution in [3.8, 4) is 101 Å². The summed E-state index contributed by atoms with van der Waals surface area (Å²) in [5.74, 6) is 3.49. The summed E-state index contributed by atoms with van der Waals surface area (Å²) >= 11 is 1.89. The number of aromatic nitrogens is 2. The Morgan fingerprint density at radius 2 is 1.01 bits per heavy atom. The first-order valence-corrected chi connectivity index (χ1v) is 23.6. The molecule has 316 valence electrons. The highest BCUT2D eigenvalue weighted by Gasteiger charge is 2.23. The Hall–Kier alpha value is -8.38. The van der Waals surface area contributed by atoms with E-state index in [1.807, 2.05) is 47.7 Å². The molecule has 0 amide bonds. The molecule has 0 spiro atoms. The van der Waals surface area contributed by atoms with Crippen molar-refractivity contribution in [2.45, 2.75) is 12.8 Å². The summed E-state index contributed by atoms with van der Waals surface area (Å²) in [6.45, 7) is 0. The molecule has 2 aromatic heterocycles. The Labute approximate surface area is 392 Å². The minimum atomic E-state index is 0.685. The van der Waals surface area contributed by atoms with E-state index in [9.17, 15) is 0 Å². The smallest absolute Gasteiger partial charge is 0.170 e. The van der Waals surface area contributed by atoms with Crippen molar-refractivity contribution in [3.63, 3.8) is 0 Å². The first-order chi connectivity index (χ1) is 33.2. The number of ether oxygens (including phenoxy) is 2. The summed E-state index contributed by atoms with van der Waals surface area (Å²) in [5, 5.41) is 2.60. The van der Waals surface area contributed by atoms with Gasteiger partial charge in [0.05, 0.1) is 11.4 Å². The molecule has 1 aliphatic heterocycles. The van der Waals surface area contributed by atoms with Crippen LogP contribution in [0.5, 0.6) is 23.0 Å². The Kier molecular flexibility index (Phi) is 9.46. The summed E-state index contributed by atoms with van der Waals surface area (Å²) in [6, 6.07) is 72.7. The van der Waals surface area contributed by atoms with Gasteiger partial charge in [-0.3, -0.25) is 0 Å². The largest absolute Gasteiger partial charge is 0.450 e. The van der Waals surface area contributed by atoms with Gasteiger partial charge in [-0.1, -0.05) is 164 Å². The zero-order chi connectivity index (χ0) is 44.3. The Morgan fingerprint density at radius 1 is 0.403 bits per heavy atom. The van der Waals surface area contributed by atoms with Crippen molar-refractivity contribution < 1.29 is 9.47 Å². The van der Waals surface area contributed by atoms with E-state index in [4.69, 9.17) is 19.4 Å². The highest BCUT2D eigenvalue weighted by molar-refractivity contribution is 7.26. The fraction of sp³-hybridized carbons (Fsp3) is 0.0323. The van der Waals surface area contributed by atoms with Gasteiger partial charge in [-0.25, -0.2) is 9.97 Å². The first kappa shape index (κ1) is 39.0. The van der Waals surface area contributed by atoms with Crippen LogP contribution in [0.4, 0.5) is 0 Å². The number of hydrogen-bond donors (Lipinski definition) is 0. The second kappa shape index (κ2) is 16.2. The molecular weight excluding hydrogens is 837 g/mol. The van der Waals surface area contributed by atoms with Crippen LogP contribution in [0.2, 0.25) is 0 Å². The zero-order valence-electron chi connectivity index (χ0n) is 36.3. The van der Waals surface area contributed by atoms with E-state index >= 15 is 0 Å². The second-order valence-corrected chi connectivity index (χ2v) is 18.2. The molecule has 0 saturated carbocycles. The third-order valence-electron chi connectivity index (χ3n) is 13.0. The topological polar surface area (TPSA) is 44.2 Å². The molecule has 13 rings (SSSR count). The van der Waals surface area contributed by atoms with Crippen LogP contribution in [0.1, 0.15) is 17.5 Å². The predicted octanol–water partition coefficient (Wildman–Crippen LogP) is 17.4. The lowest BCUT2D eigenvalue weighted by Crippen LogP contribution is -1.99. The van der Waals surface area contributed by atoms with Gasteiger partial charge in [0.25, 0.3) is 0 Å². The molecule has 0 atom stereocenters. The number of para-hydroxylation sites is 2. The molecule has 0 N–H and O–H groups in total. The molecule has 1 aliphatic carbocycles. The number of aryl methyl sites for hydroxylation is 1. The Balaban J connectivity index is 0.979. The predicted molar refractivity (Wildman–Crippen MR) is 277 cm³/mol. The van der Waals surface area contributed by atoms with Crippen LogP contribution in [-0.2, 0) is 6.42 Å². The molecule has 67 heavy (non-hydrogen) atoms. The Morgan fingerprint density at radius 3 is 1.79 bits per heavy atom. The number of thiophene rings is 1. The molecule has 5 heteroatoms. The van der Waals surface area contributed by atoms with Crippen molar-refractivity contribution in [2.24, 2.45) is 0 Å². The lowest BCUT2D eigenvalue weighted by atomic mass is 9.84. The summed E-state index contributed by atoms with van der Waals surface area (Å²) in [6.07, 6.45) is 6.71. The van der Waals surface area contributed by atoms with E-state index in [0.717, 1.165) is 85.4 Å². The van der Waals surface area contributed by atoms with E-state index < -0.39 is 0 Å². The van der Waals surface area contributed by atoms with E-state index in [0.29, 0.717) is 28.8 Å². The fourth-order valence-electron chi connectivity index (χ4n) is 9.73. The monoisotopic (exact) mass is 876 g/mol. The quantitative estimate of drug-likeness (QED) is 0.160. The fourth-order valence-corrected chi connectivity index (χ4v) is 11.1. The van der Waals surface area contributed by atoms with Crippen molar-refractivity contribution >= 4 is 37.6 Å². The van der Waals surface area contributed by atoms with Crippen LogP contribution >= 0.6 is 11.3 Å². The summed E-state index contributed by atoms with van der Waals surface area (Å²) in [4.78, 5) is 10.7. The average molecular weight is 877 g/mol. The Bertz CT molecular complexity index is 3750. The number of hydrogen-bond acceptors (Lipinski definition) is 5. The normalized spacial score (nSPS) is 12.5. The van der Waals surface area contributed by atoms with Crippen LogP contribution in [0.25, 0.3) is 105 Å². The number of rotatable bonds is 7. The van der Waals surface area contributed by atoms with E-state index in [1.54, 1.807) is 0 Å². The second-order valence-electron chi connectivity index (χ2n) is 17.2. The van der Waals surface area contributed by atoms with Crippen LogP contribution in [0, 0.1) is 0 Å². The summed E-state index contributed by atoms with van der Waals surface area (Å²) < 4.78 is 15.3. The van der Waals surface area contributed by atoms with Gasteiger partial charge in [-0.15, -0.1) is 11.3 Å². The molecule has 2 aliphatic rings. The minimum absolute atomic E-state index is 0.685. The molecule has 0 fully saturated rings. The van der Waals surface area contributed by atoms with Gasteiger partial charge >= 0.3 is 0 Å². The van der Waals surface area contributed by atoms with Crippen molar-refractivity contribution in [1.82, 2.24) is 9.97 Å². The molecule has 0 bridgehead atoms. The minimum Gasteiger partial charge on any atom is -0.450 e. The third-order valence-corrected chi connectivity index (χ3v) is 14.2. The third kappa shape index (κ3) is 7.08. The molecule has 9 aromatic carbocycles. The lowest BCUT2D eigenvalue weighted by molar-refractivity contribution is 0.360. The lowest BCUT2D eigenvalue weighted by Gasteiger charge is -2.22. The number of allylic oxidation sites excluding steroid dienone is 1.